The molecule has 4 rings (SSSR count). The van der Waals surface area contributed by atoms with Crippen molar-refractivity contribution >= 4 is 22.7 Å². The molecule has 0 fully saturated rings. The van der Waals surface area contributed by atoms with Crippen molar-refractivity contribution < 1.29 is 0 Å². The fourth-order valence-corrected chi connectivity index (χ4v) is 5.34. The molecular weight excluding hydrogens is 392 g/mol. The smallest absolute Gasteiger partial charge is 0.0892 e. The number of nitrogens with zero attached hydrogens (tertiary/aromatic N) is 2. The van der Waals surface area contributed by atoms with Crippen LogP contribution in [-0.4, -0.2) is 9.97 Å². The summed E-state index contributed by atoms with van der Waals surface area (Å²) in [4.78, 5) is 14.6. The summed E-state index contributed by atoms with van der Waals surface area (Å²) in [5.74, 6) is 0. The van der Waals surface area contributed by atoms with Crippen LogP contribution in [-0.2, 0) is 6.42 Å². The van der Waals surface area contributed by atoms with Gasteiger partial charge in [-0.1, -0.05) is 26.2 Å². The van der Waals surface area contributed by atoms with E-state index in [1.54, 1.807) is 0 Å². The maximum Gasteiger partial charge on any atom is 0.0892 e. The lowest BCUT2D eigenvalue weighted by atomic mass is 10.1. The first kappa shape index (κ1) is 20.0. The third-order valence-corrected chi connectivity index (χ3v) is 7.27. The van der Waals surface area contributed by atoms with Gasteiger partial charge in [-0.3, -0.25) is 9.97 Å². The van der Waals surface area contributed by atoms with Crippen LogP contribution in [0.3, 0.4) is 0 Å². The van der Waals surface area contributed by atoms with Crippen LogP contribution in [0.2, 0.25) is 0 Å². The van der Waals surface area contributed by atoms with Gasteiger partial charge in [0.25, 0.3) is 0 Å². The molecule has 2 nitrogen and oxygen atoms in total. The molecule has 0 bridgehead atoms. The lowest BCUT2D eigenvalue weighted by molar-refractivity contribution is 0.670. The summed E-state index contributed by atoms with van der Waals surface area (Å²) in [7, 11) is 0. The first-order chi connectivity index (χ1) is 14.2. The van der Waals surface area contributed by atoms with Gasteiger partial charge in [-0.25, -0.2) is 0 Å². The van der Waals surface area contributed by atoms with Gasteiger partial charge in [0.05, 0.1) is 11.4 Å². The molecule has 4 heterocycles. The Labute approximate surface area is 181 Å². The summed E-state index contributed by atoms with van der Waals surface area (Å²) in [6.07, 6.45) is 10.2. The zero-order chi connectivity index (χ0) is 20.1. The summed E-state index contributed by atoms with van der Waals surface area (Å²) in [5, 5.41) is 0. The highest BCUT2D eigenvalue weighted by Gasteiger charge is 2.09. The van der Waals surface area contributed by atoms with Crippen molar-refractivity contribution in [2.75, 3.05) is 0 Å². The molecule has 0 aromatic carbocycles. The normalized spacial score (nSPS) is 11.1. The third-order valence-electron chi connectivity index (χ3n) is 5.03. The molecule has 0 aliphatic rings. The van der Waals surface area contributed by atoms with Gasteiger partial charge >= 0.3 is 0 Å². The Kier molecular flexibility index (Phi) is 6.53. The largest absolute Gasteiger partial charge is 0.255 e. The van der Waals surface area contributed by atoms with Gasteiger partial charge in [-0.15, -0.1) is 22.7 Å². The van der Waals surface area contributed by atoms with Gasteiger partial charge in [0.15, 0.2) is 0 Å². The van der Waals surface area contributed by atoms with Crippen molar-refractivity contribution in [2.24, 2.45) is 0 Å². The van der Waals surface area contributed by atoms with Crippen LogP contribution < -0.4 is 0 Å². The molecular formula is C25H26N2S2. The van der Waals surface area contributed by atoms with Crippen LogP contribution in [0.15, 0.2) is 60.9 Å². The zero-order valence-corrected chi connectivity index (χ0v) is 18.7. The summed E-state index contributed by atoms with van der Waals surface area (Å²) < 4.78 is 0. The Balaban J connectivity index is 1.54. The first-order valence-electron chi connectivity index (χ1n) is 10.3. The van der Waals surface area contributed by atoms with E-state index in [2.05, 4.69) is 72.3 Å². The number of hydrogen-bond donors (Lipinski definition) is 0. The summed E-state index contributed by atoms with van der Waals surface area (Å²) in [6, 6.07) is 17.3. The molecule has 148 valence electrons. The molecule has 0 saturated heterocycles. The minimum absolute atomic E-state index is 0.923. The van der Waals surface area contributed by atoms with Crippen LogP contribution in [0.4, 0.5) is 0 Å². The van der Waals surface area contributed by atoms with Crippen molar-refractivity contribution in [1.29, 1.82) is 0 Å². The van der Waals surface area contributed by atoms with Crippen LogP contribution in [0.1, 0.15) is 42.4 Å². The Morgan fingerprint density at radius 3 is 2.00 bits per heavy atom. The van der Waals surface area contributed by atoms with E-state index in [1.165, 1.54) is 62.7 Å². The van der Waals surface area contributed by atoms with Gasteiger partial charge in [-0.05, 0) is 79.4 Å². The summed E-state index contributed by atoms with van der Waals surface area (Å²) >= 11 is 3.71. The molecule has 4 aromatic heterocycles. The zero-order valence-electron chi connectivity index (χ0n) is 17.0. The van der Waals surface area contributed by atoms with Crippen LogP contribution >= 0.6 is 22.7 Å². The number of aromatic nitrogens is 2. The van der Waals surface area contributed by atoms with E-state index >= 15 is 0 Å². The Bertz CT molecular complexity index is 1080. The van der Waals surface area contributed by atoms with Crippen molar-refractivity contribution in [3.05, 3.63) is 70.7 Å². The van der Waals surface area contributed by atoms with Crippen molar-refractivity contribution in [3.63, 3.8) is 0 Å². The highest BCUT2D eigenvalue weighted by molar-refractivity contribution is 7.15. The molecule has 4 heteroatoms. The number of hydrogen-bond acceptors (Lipinski definition) is 4. The monoisotopic (exact) mass is 418 g/mol. The SMILES string of the molecule is CCCCCCc1ccc(-c2ccnc(-c3cc(-c4ccc(C)s4)ccn3)c2)s1. The minimum atomic E-state index is 0.923. The molecule has 0 aliphatic heterocycles. The van der Waals surface area contributed by atoms with Crippen molar-refractivity contribution in [2.45, 2.75) is 46.0 Å². The summed E-state index contributed by atoms with van der Waals surface area (Å²) in [5.41, 5.74) is 4.27. The molecule has 0 atom stereocenters. The second-order valence-electron chi connectivity index (χ2n) is 7.35. The quantitative estimate of drug-likeness (QED) is 0.271. The number of pyridine rings is 2. The van der Waals surface area contributed by atoms with Gasteiger partial charge < -0.3 is 0 Å². The van der Waals surface area contributed by atoms with Gasteiger partial charge in [0, 0.05) is 31.9 Å². The fraction of sp³-hybridized carbons (Fsp3) is 0.280. The van der Waals surface area contributed by atoms with Crippen LogP contribution in [0.25, 0.3) is 32.3 Å². The Hall–Kier alpha value is -2.30. The maximum absolute atomic E-state index is 4.60. The van der Waals surface area contributed by atoms with Crippen LogP contribution in [0.5, 0.6) is 0 Å². The maximum atomic E-state index is 4.60. The van der Waals surface area contributed by atoms with E-state index in [9.17, 15) is 0 Å². The van der Waals surface area contributed by atoms with Crippen molar-refractivity contribution in [1.82, 2.24) is 9.97 Å². The topological polar surface area (TPSA) is 25.8 Å². The van der Waals surface area contributed by atoms with E-state index in [1.807, 2.05) is 35.1 Å². The van der Waals surface area contributed by atoms with Crippen molar-refractivity contribution in [3.8, 4) is 32.3 Å². The third kappa shape index (κ3) is 5.01. The number of rotatable bonds is 8. The molecule has 0 spiro atoms. The van der Waals surface area contributed by atoms with E-state index in [0.717, 1.165) is 11.4 Å². The molecule has 0 unspecified atom stereocenters. The standard InChI is InChI=1S/C25H26N2S2/c1-3-4-5-6-7-21-9-11-25(29-21)20-13-15-27-23(17-20)22-16-19(12-14-26-22)24-10-8-18(2)28-24/h8-17H,3-7H2,1-2H3. The molecule has 29 heavy (non-hydrogen) atoms. The molecule has 0 saturated carbocycles. The lowest BCUT2D eigenvalue weighted by Crippen LogP contribution is -1.88. The number of thiophene rings is 2. The van der Waals surface area contributed by atoms with Gasteiger partial charge in [0.1, 0.15) is 0 Å². The Morgan fingerprint density at radius 1 is 0.724 bits per heavy atom. The highest BCUT2D eigenvalue weighted by Crippen LogP contribution is 2.33. The number of aryl methyl sites for hydroxylation is 2. The predicted octanol–water partition coefficient (Wildman–Crippen LogP) is 8.03. The average molecular weight is 419 g/mol. The molecule has 4 aromatic rings. The second-order valence-corrected chi connectivity index (χ2v) is 9.80. The first-order valence-corrected chi connectivity index (χ1v) is 11.9. The highest BCUT2D eigenvalue weighted by atomic mass is 32.1. The molecule has 0 N–H and O–H groups in total. The Morgan fingerprint density at radius 2 is 1.38 bits per heavy atom. The lowest BCUT2D eigenvalue weighted by Gasteiger charge is -2.05. The van der Waals surface area contributed by atoms with E-state index in [4.69, 9.17) is 0 Å². The summed E-state index contributed by atoms with van der Waals surface area (Å²) in [6.45, 7) is 4.40. The van der Waals surface area contributed by atoms with Crippen LogP contribution in [0, 0.1) is 6.92 Å². The average Bonchev–Trinajstić information content (AvgIpc) is 3.41. The van der Waals surface area contributed by atoms with Gasteiger partial charge in [-0.2, -0.15) is 0 Å². The molecule has 0 aliphatic carbocycles. The predicted molar refractivity (Wildman–Crippen MR) is 127 cm³/mol. The minimum Gasteiger partial charge on any atom is -0.255 e. The van der Waals surface area contributed by atoms with E-state index < -0.39 is 0 Å². The number of unbranched alkanes of at least 4 members (excludes halogenated alkanes) is 3. The van der Waals surface area contributed by atoms with Gasteiger partial charge in [0.2, 0.25) is 0 Å². The van der Waals surface area contributed by atoms with E-state index in [0.29, 0.717) is 0 Å². The molecule has 0 radical (unpaired) electrons. The fourth-order valence-electron chi connectivity index (χ4n) is 3.43. The van der Waals surface area contributed by atoms with E-state index in [-0.39, 0.29) is 0 Å². The second kappa shape index (κ2) is 9.47. The molecule has 0 amide bonds.